The Kier molecular flexibility index (Phi) is 6.48. The second kappa shape index (κ2) is 9.64. The molecular formula is C24H25N5O4. The van der Waals surface area contributed by atoms with Crippen LogP contribution in [0.5, 0.6) is 0 Å². The van der Waals surface area contributed by atoms with Gasteiger partial charge in [0.1, 0.15) is 0 Å². The molecule has 170 valence electrons. The van der Waals surface area contributed by atoms with Crippen LogP contribution in [-0.4, -0.2) is 45.9 Å². The number of aromatic nitrogens is 2. The average Bonchev–Trinajstić information content (AvgIpc) is 3.29. The maximum atomic E-state index is 12.9. The van der Waals surface area contributed by atoms with E-state index in [0.29, 0.717) is 41.7 Å². The second-order valence-corrected chi connectivity index (χ2v) is 8.04. The minimum atomic E-state index is -0.178. The smallest absolute Gasteiger partial charge is 0.253 e. The number of likely N-dealkylation sites (tertiary alicyclic amines) is 1. The normalized spacial score (nSPS) is 14.1. The Hall–Kier alpha value is -4.01. The molecule has 1 aliphatic heterocycles. The zero-order valence-electron chi connectivity index (χ0n) is 18.5. The Bertz CT molecular complexity index is 1160. The highest BCUT2D eigenvalue weighted by Gasteiger charge is 2.28. The predicted octanol–water partition coefficient (Wildman–Crippen LogP) is 3.67. The summed E-state index contributed by atoms with van der Waals surface area (Å²) < 4.78 is 5.51. The molecule has 1 saturated heterocycles. The maximum absolute atomic E-state index is 12.9. The number of amides is 3. The van der Waals surface area contributed by atoms with E-state index in [4.69, 9.17) is 4.52 Å². The van der Waals surface area contributed by atoms with Gasteiger partial charge in [-0.15, -0.1) is 0 Å². The number of carbonyl (C=O) groups excluding carboxylic acids is 3. The van der Waals surface area contributed by atoms with E-state index in [1.54, 1.807) is 41.3 Å². The van der Waals surface area contributed by atoms with Crippen LogP contribution in [0.2, 0.25) is 0 Å². The van der Waals surface area contributed by atoms with Crippen LogP contribution < -0.4 is 10.6 Å². The van der Waals surface area contributed by atoms with E-state index in [0.717, 1.165) is 18.4 Å². The maximum Gasteiger partial charge on any atom is 0.253 e. The zero-order chi connectivity index (χ0) is 23.4. The van der Waals surface area contributed by atoms with E-state index in [9.17, 15) is 14.4 Å². The third-order valence-electron chi connectivity index (χ3n) is 5.47. The zero-order valence-corrected chi connectivity index (χ0v) is 18.5. The van der Waals surface area contributed by atoms with Gasteiger partial charge in [0.15, 0.2) is 0 Å². The van der Waals surface area contributed by atoms with E-state index in [1.807, 2.05) is 12.1 Å². The van der Waals surface area contributed by atoms with Crippen LogP contribution in [0.1, 0.15) is 48.9 Å². The fraction of sp³-hybridized carbons (Fsp3) is 0.292. The lowest BCUT2D eigenvalue weighted by Gasteiger charge is -2.30. The lowest BCUT2D eigenvalue weighted by atomic mass is 9.96. The fourth-order valence-corrected chi connectivity index (χ4v) is 3.87. The highest BCUT2D eigenvalue weighted by molar-refractivity contribution is 5.96. The molecule has 0 aliphatic carbocycles. The Balaban J connectivity index is 1.37. The van der Waals surface area contributed by atoms with Crippen molar-refractivity contribution in [1.82, 2.24) is 15.0 Å². The van der Waals surface area contributed by atoms with Crippen molar-refractivity contribution in [3.63, 3.8) is 0 Å². The Morgan fingerprint density at radius 3 is 2.27 bits per heavy atom. The molecule has 0 bridgehead atoms. The molecule has 9 nitrogen and oxygen atoms in total. The number of hydrogen-bond acceptors (Lipinski definition) is 6. The molecule has 0 radical (unpaired) electrons. The summed E-state index contributed by atoms with van der Waals surface area (Å²) in [5.41, 5.74) is 2.65. The molecule has 9 heteroatoms. The summed E-state index contributed by atoms with van der Waals surface area (Å²) in [4.78, 5) is 41.7. The van der Waals surface area contributed by atoms with Crippen LogP contribution in [0, 0.1) is 0 Å². The number of benzene rings is 2. The molecule has 1 aromatic heterocycles. The highest BCUT2D eigenvalue weighted by atomic mass is 16.5. The number of rotatable bonds is 5. The summed E-state index contributed by atoms with van der Waals surface area (Å²) in [6.07, 6.45) is 1.44. The first-order valence-corrected chi connectivity index (χ1v) is 10.8. The molecule has 0 unspecified atom stereocenters. The van der Waals surface area contributed by atoms with Crippen LogP contribution in [0.25, 0.3) is 11.4 Å². The summed E-state index contributed by atoms with van der Waals surface area (Å²) >= 11 is 0. The van der Waals surface area contributed by atoms with Crippen molar-refractivity contribution in [3.05, 3.63) is 60.0 Å². The van der Waals surface area contributed by atoms with E-state index >= 15 is 0 Å². The Morgan fingerprint density at radius 1 is 0.939 bits per heavy atom. The van der Waals surface area contributed by atoms with E-state index in [1.165, 1.54) is 13.8 Å². The number of nitrogens with zero attached hydrogens (tertiary/aromatic N) is 3. The summed E-state index contributed by atoms with van der Waals surface area (Å²) in [7, 11) is 0. The molecule has 4 rings (SSSR count). The quantitative estimate of drug-likeness (QED) is 0.616. The molecule has 0 saturated carbocycles. The van der Waals surface area contributed by atoms with Gasteiger partial charge < -0.3 is 20.1 Å². The number of anilines is 2. The minimum absolute atomic E-state index is 0.0638. The van der Waals surface area contributed by atoms with Crippen LogP contribution >= 0.6 is 0 Å². The van der Waals surface area contributed by atoms with Crippen LogP contribution in [0.4, 0.5) is 11.4 Å². The average molecular weight is 447 g/mol. The third kappa shape index (κ3) is 5.43. The van der Waals surface area contributed by atoms with Gasteiger partial charge in [-0.2, -0.15) is 4.98 Å². The van der Waals surface area contributed by atoms with Gasteiger partial charge in [0, 0.05) is 55.4 Å². The van der Waals surface area contributed by atoms with Gasteiger partial charge in [0.25, 0.3) is 5.91 Å². The minimum Gasteiger partial charge on any atom is -0.339 e. The van der Waals surface area contributed by atoms with E-state index < -0.39 is 0 Å². The molecule has 3 aromatic rings. The number of carbonyl (C=O) groups is 3. The summed E-state index contributed by atoms with van der Waals surface area (Å²) in [6.45, 7) is 4.05. The van der Waals surface area contributed by atoms with Crippen LogP contribution in [-0.2, 0) is 9.59 Å². The first-order valence-electron chi connectivity index (χ1n) is 10.8. The van der Waals surface area contributed by atoms with Gasteiger partial charge in [-0.3, -0.25) is 14.4 Å². The van der Waals surface area contributed by atoms with Crippen molar-refractivity contribution in [2.75, 3.05) is 23.7 Å². The van der Waals surface area contributed by atoms with Crippen LogP contribution in [0.15, 0.2) is 53.1 Å². The van der Waals surface area contributed by atoms with Crippen molar-refractivity contribution in [2.24, 2.45) is 0 Å². The third-order valence-corrected chi connectivity index (χ3v) is 5.47. The summed E-state index contributed by atoms with van der Waals surface area (Å²) in [5, 5.41) is 9.52. The lowest BCUT2D eigenvalue weighted by Crippen LogP contribution is -2.38. The van der Waals surface area contributed by atoms with Crippen molar-refractivity contribution >= 4 is 29.1 Å². The standard InChI is InChI=1S/C24H25N5O4/c1-15(30)25-20-8-6-17(7-9-20)22-27-23(33-28-22)18-10-12-29(13-11-18)24(32)19-4-3-5-21(14-19)26-16(2)31/h3-9,14,18H,10-13H2,1-2H3,(H,25,30)(H,26,31). The SMILES string of the molecule is CC(=O)Nc1ccc(-c2noc(C3CCN(C(=O)c4cccc(NC(C)=O)c4)CC3)n2)cc1. The summed E-state index contributed by atoms with van der Waals surface area (Å²) in [6, 6.07) is 14.2. The van der Waals surface area contributed by atoms with Gasteiger partial charge in [0.2, 0.25) is 23.5 Å². The highest BCUT2D eigenvalue weighted by Crippen LogP contribution is 2.29. The largest absolute Gasteiger partial charge is 0.339 e. The monoisotopic (exact) mass is 447 g/mol. The predicted molar refractivity (Wildman–Crippen MR) is 123 cm³/mol. The molecule has 33 heavy (non-hydrogen) atoms. The van der Waals surface area contributed by atoms with Crippen molar-refractivity contribution in [3.8, 4) is 11.4 Å². The van der Waals surface area contributed by atoms with Crippen LogP contribution in [0.3, 0.4) is 0 Å². The first-order chi connectivity index (χ1) is 15.9. The van der Waals surface area contributed by atoms with E-state index in [2.05, 4.69) is 20.8 Å². The molecule has 1 fully saturated rings. The molecule has 2 aromatic carbocycles. The first kappa shape index (κ1) is 22.2. The van der Waals surface area contributed by atoms with Gasteiger partial charge in [-0.05, 0) is 55.3 Å². The number of nitrogens with one attached hydrogen (secondary N) is 2. The molecule has 0 spiro atoms. The second-order valence-electron chi connectivity index (χ2n) is 8.04. The molecular weight excluding hydrogens is 422 g/mol. The number of hydrogen-bond donors (Lipinski definition) is 2. The molecule has 2 N–H and O–H groups in total. The van der Waals surface area contributed by atoms with Gasteiger partial charge in [-0.25, -0.2) is 0 Å². The van der Waals surface area contributed by atoms with Gasteiger partial charge in [0.05, 0.1) is 0 Å². The fourth-order valence-electron chi connectivity index (χ4n) is 3.87. The van der Waals surface area contributed by atoms with Gasteiger partial charge >= 0.3 is 0 Å². The topological polar surface area (TPSA) is 117 Å². The van der Waals surface area contributed by atoms with Crippen molar-refractivity contribution in [1.29, 1.82) is 0 Å². The van der Waals surface area contributed by atoms with E-state index in [-0.39, 0.29) is 23.6 Å². The number of piperidine rings is 1. The van der Waals surface area contributed by atoms with Crippen molar-refractivity contribution in [2.45, 2.75) is 32.6 Å². The molecule has 2 heterocycles. The Morgan fingerprint density at radius 2 is 1.61 bits per heavy atom. The Labute approximate surface area is 191 Å². The van der Waals surface area contributed by atoms with Gasteiger partial charge in [-0.1, -0.05) is 11.2 Å². The molecule has 3 amide bonds. The molecule has 0 atom stereocenters. The summed E-state index contributed by atoms with van der Waals surface area (Å²) in [5.74, 6) is 0.770. The lowest BCUT2D eigenvalue weighted by molar-refractivity contribution is -0.115. The van der Waals surface area contributed by atoms with Crippen molar-refractivity contribution < 1.29 is 18.9 Å². The molecule has 1 aliphatic rings.